The molecule has 1 amide bonds. The smallest absolute Gasteiger partial charge is 0.407 e. The molecule has 1 heterocycles. The summed E-state index contributed by atoms with van der Waals surface area (Å²) in [4.78, 5) is 16.4. The molecule has 0 radical (unpaired) electrons. The number of alkyl carbamates (subject to hydrolysis) is 1. The van der Waals surface area contributed by atoms with E-state index in [4.69, 9.17) is 9.26 Å². The Labute approximate surface area is 137 Å². The van der Waals surface area contributed by atoms with Gasteiger partial charge >= 0.3 is 6.09 Å². The minimum absolute atomic E-state index is 0.0644. The number of aryl methyl sites for hydroxylation is 1. The Morgan fingerprint density at radius 1 is 1.22 bits per heavy atom. The van der Waals surface area contributed by atoms with E-state index < -0.39 is 5.60 Å². The number of nitrogens with zero attached hydrogens (tertiary/aromatic N) is 2. The highest BCUT2D eigenvalue weighted by molar-refractivity contribution is 5.67. The number of amides is 1. The number of ether oxygens (including phenoxy) is 1. The van der Waals surface area contributed by atoms with Crippen molar-refractivity contribution in [1.29, 1.82) is 0 Å². The van der Waals surface area contributed by atoms with Crippen LogP contribution in [-0.2, 0) is 10.2 Å². The molecular weight excluding hydrogens is 294 g/mol. The molecule has 1 aromatic rings. The second-order valence-electron chi connectivity index (χ2n) is 8.28. The zero-order chi connectivity index (χ0) is 16.7. The first-order valence-corrected chi connectivity index (χ1v) is 8.50. The Morgan fingerprint density at radius 2 is 1.83 bits per heavy atom. The third kappa shape index (κ3) is 3.35. The molecule has 1 N–H and O–H groups in total. The number of nitrogens with one attached hydrogen (secondary N) is 1. The average molecular weight is 321 g/mol. The normalized spacial score (nSPS) is 30.3. The van der Waals surface area contributed by atoms with Gasteiger partial charge in [-0.25, -0.2) is 4.79 Å². The average Bonchev–Trinajstić information content (AvgIpc) is 2.93. The van der Waals surface area contributed by atoms with Crippen LogP contribution in [0.2, 0.25) is 0 Å². The standard InChI is InChI=1S/C17H27N3O3/c1-12-19-13(23-20-12)17-8-5-16(6-9-17,7-10-17)11-18-14(21)22-15(2,3)4/h5-11H2,1-4H3,(H,18,21). The molecule has 6 heteroatoms. The largest absolute Gasteiger partial charge is 0.444 e. The molecule has 3 saturated carbocycles. The number of carbonyl (C=O) groups is 1. The SMILES string of the molecule is Cc1noc(C23CCC(CNC(=O)OC(C)(C)C)(CC2)CC3)n1. The second-order valence-corrected chi connectivity index (χ2v) is 8.28. The summed E-state index contributed by atoms with van der Waals surface area (Å²) < 4.78 is 10.8. The Bertz CT molecular complexity index is 564. The first-order valence-electron chi connectivity index (χ1n) is 8.50. The van der Waals surface area contributed by atoms with Crippen LogP contribution in [0, 0.1) is 12.3 Å². The summed E-state index contributed by atoms with van der Waals surface area (Å²) in [5.41, 5.74) is -0.186. The highest BCUT2D eigenvalue weighted by Crippen LogP contribution is 2.57. The number of aromatic nitrogens is 2. The van der Waals surface area contributed by atoms with Crippen molar-refractivity contribution >= 4 is 6.09 Å². The van der Waals surface area contributed by atoms with Crippen LogP contribution in [0.1, 0.15) is 71.0 Å². The van der Waals surface area contributed by atoms with Crippen molar-refractivity contribution in [1.82, 2.24) is 15.5 Å². The van der Waals surface area contributed by atoms with E-state index in [1.807, 2.05) is 27.7 Å². The molecule has 0 aliphatic heterocycles. The highest BCUT2D eigenvalue weighted by atomic mass is 16.6. The van der Waals surface area contributed by atoms with Gasteiger partial charge < -0.3 is 14.6 Å². The minimum atomic E-state index is -0.453. The first-order chi connectivity index (χ1) is 10.7. The van der Waals surface area contributed by atoms with Crippen molar-refractivity contribution in [3.8, 4) is 0 Å². The van der Waals surface area contributed by atoms with Crippen molar-refractivity contribution in [2.24, 2.45) is 5.41 Å². The predicted molar refractivity (Wildman–Crippen MR) is 85.1 cm³/mol. The quantitative estimate of drug-likeness (QED) is 0.922. The molecule has 128 valence electrons. The molecule has 3 fully saturated rings. The monoisotopic (exact) mass is 321 g/mol. The fourth-order valence-corrected chi connectivity index (χ4v) is 3.94. The van der Waals surface area contributed by atoms with Crippen molar-refractivity contribution in [3.63, 3.8) is 0 Å². The van der Waals surface area contributed by atoms with Gasteiger partial charge in [0.2, 0.25) is 5.89 Å². The van der Waals surface area contributed by atoms with Crippen molar-refractivity contribution in [2.45, 2.75) is 77.2 Å². The van der Waals surface area contributed by atoms with Gasteiger partial charge in [-0.1, -0.05) is 5.16 Å². The van der Waals surface area contributed by atoms with Gasteiger partial charge in [-0.3, -0.25) is 0 Å². The molecular formula is C17H27N3O3. The number of hydrogen-bond acceptors (Lipinski definition) is 5. The maximum Gasteiger partial charge on any atom is 0.407 e. The van der Waals surface area contributed by atoms with E-state index in [0.717, 1.165) is 44.4 Å². The lowest BCUT2D eigenvalue weighted by Crippen LogP contribution is -2.49. The molecule has 3 aliphatic rings. The van der Waals surface area contributed by atoms with Gasteiger partial charge in [0.25, 0.3) is 0 Å². The van der Waals surface area contributed by atoms with E-state index in [1.165, 1.54) is 0 Å². The summed E-state index contributed by atoms with van der Waals surface area (Å²) in [7, 11) is 0. The molecule has 0 spiro atoms. The lowest BCUT2D eigenvalue weighted by molar-refractivity contribution is 0.0152. The first kappa shape index (κ1) is 16.3. The van der Waals surface area contributed by atoms with Crippen LogP contribution in [0.25, 0.3) is 0 Å². The number of fused-ring (bicyclic) bond motifs is 3. The molecule has 1 aromatic heterocycles. The van der Waals surface area contributed by atoms with Crippen LogP contribution >= 0.6 is 0 Å². The summed E-state index contributed by atoms with van der Waals surface area (Å²) in [6.45, 7) is 8.21. The van der Waals surface area contributed by atoms with Crippen LogP contribution in [0.5, 0.6) is 0 Å². The number of hydrogen-bond donors (Lipinski definition) is 1. The molecule has 0 aromatic carbocycles. The Kier molecular flexibility index (Phi) is 3.89. The third-order valence-electron chi connectivity index (χ3n) is 5.39. The Hall–Kier alpha value is -1.59. The topological polar surface area (TPSA) is 77.2 Å². The van der Waals surface area contributed by atoms with Crippen LogP contribution in [0.4, 0.5) is 4.79 Å². The van der Waals surface area contributed by atoms with Crippen LogP contribution in [-0.4, -0.2) is 28.4 Å². The molecule has 23 heavy (non-hydrogen) atoms. The second kappa shape index (κ2) is 5.49. The van der Waals surface area contributed by atoms with Gasteiger partial charge in [0, 0.05) is 12.0 Å². The lowest BCUT2D eigenvalue weighted by atomic mass is 9.53. The zero-order valence-electron chi connectivity index (χ0n) is 14.6. The summed E-state index contributed by atoms with van der Waals surface area (Å²) in [6, 6.07) is 0. The Morgan fingerprint density at radius 3 is 2.30 bits per heavy atom. The summed E-state index contributed by atoms with van der Waals surface area (Å²) in [6.07, 6.45) is 6.13. The van der Waals surface area contributed by atoms with Gasteiger partial charge in [0.1, 0.15) is 5.60 Å². The van der Waals surface area contributed by atoms with E-state index in [9.17, 15) is 4.79 Å². The molecule has 3 aliphatic carbocycles. The van der Waals surface area contributed by atoms with Gasteiger partial charge in [0.15, 0.2) is 5.82 Å². The maximum atomic E-state index is 11.9. The fraction of sp³-hybridized carbons (Fsp3) is 0.824. The number of rotatable bonds is 3. The predicted octanol–water partition coefficient (Wildman–Crippen LogP) is 3.49. The summed E-state index contributed by atoms with van der Waals surface area (Å²) >= 11 is 0. The molecule has 6 nitrogen and oxygen atoms in total. The summed E-state index contributed by atoms with van der Waals surface area (Å²) in [5, 5.41) is 6.92. The zero-order valence-corrected chi connectivity index (χ0v) is 14.6. The molecule has 2 bridgehead atoms. The van der Waals surface area contributed by atoms with Gasteiger partial charge in [-0.05, 0) is 71.6 Å². The fourth-order valence-electron chi connectivity index (χ4n) is 3.94. The van der Waals surface area contributed by atoms with Crippen LogP contribution < -0.4 is 5.32 Å². The number of carbonyl (C=O) groups excluding carboxylic acids is 1. The highest BCUT2D eigenvalue weighted by Gasteiger charge is 2.52. The van der Waals surface area contributed by atoms with E-state index in [-0.39, 0.29) is 16.9 Å². The van der Waals surface area contributed by atoms with Gasteiger partial charge in [-0.15, -0.1) is 0 Å². The van der Waals surface area contributed by atoms with Crippen LogP contribution in [0.3, 0.4) is 0 Å². The van der Waals surface area contributed by atoms with Crippen molar-refractivity contribution in [2.75, 3.05) is 6.54 Å². The third-order valence-corrected chi connectivity index (χ3v) is 5.39. The Balaban J connectivity index is 1.58. The van der Waals surface area contributed by atoms with Crippen LogP contribution in [0.15, 0.2) is 4.52 Å². The maximum absolute atomic E-state index is 11.9. The minimum Gasteiger partial charge on any atom is -0.444 e. The summed E-state index contributed by atoms with van der Waals surface area (Å²) in [5.74, 6) is 1.52. The van der Waals surface area contributed by atoms with Crippen molar-refractivity contribution < 1.29 is 14.1 Å². The van der Waals surface area contributed by atoms with Gasteiger partial charge in [-0.2, -0.15) is 4.98 Å². The molecule has 4 rings (SSSR count). The molecule has 0 saturated heterocycles. The molecule has 0 unspecified atom stereocenters. The van der Waals surface area contributed by atoms with E-state index in [2.05, 4.69) is 15.5 Å². The lowest BCUT2D eigenvalue weighted by Gasteiger charge is -2.51. The van der Waals surface area contributed by atoms with E-state index in [0.29, 0.717) is 12.4 Å². The molecule has 0 atom stereocenters. The van der Waals surface area contributed by atoms with Crippen molar-refractivity contribution in [3.05, 3.63) is 11.7 Å². The van der Waals surface area contributed by atoms with E-state index in [1.54, 1.807) is 0 Å². The van der Waals surface area contributed by atoms with E-state index >= 15 is 0 Å². The van der Waals surface area contributed by atoms with Gasteiger partial charge in [0.05, 0.1) is 0 Å².